The molecular weight excluding hydrogens is 300 g/mol. The van der Waals surface area contributed by atoms with Crippen LogP contribution < -0.4 is 0 Å². The molecule has 0 saturated carbocycles. The van der Waals surface area contributed by atoms with Crippen LogP contribution in [0.5, 0.6) is 0 Å². The van der Waals surface area contributed by atoms with Crippen molar-refractivity contribution in [1.82, 2.24) is 19.7 Å². The Hall–Kier alpha value is -1.08. The van der Waals surface area contributed by atoms with Gasteiger partial charge in [0.15, 0.2) is 5.82 Å². The van der Waals surface area contributed by atoms with E-state index in [9.17, 15) is 4.79 Å². The third-order valence-electron chi connectivity index (χ3n) is 4.40. The minimum atomic E-state index is 0.161. The standard InChI is InChI=1S/C15H24N4O2S/c1-3-21-10-14-17-16-13-9-11(2)18(6-7-19(13)14)15(20)12-5-4-8-22-12/h11-12H,3-10H2,1-2H3. The fraction of sp³-hybridized carbons (Fsp3) is 0.800. The van der Waals surface area contributed by atoms with Crippen LogP contribution in [0.3, 0.4) is 0 Å². The molecule has 0 aliphatic carbocycles. The summed E-state index contributed by atoms with van der Waals surface area (Å²) in [7, 11) is 0. The molecule has 0 aromatic carbocycles. The molecule has 2 unspecified atom stereocenters. The van der Waals surface area contributed by atoms with Crippen molar-refractivity contribution < 1.29 is 9.53 Å². The Bertz CT molecular complexity index is 528. The average Bonchev–Trinajstić information content (AvgIpc) is 3.13. The van der Waals surface area contributed by atoms with Crippen molar-refractivity contribution in [2.24, 2.45) is 0 Å². The van der Waals surface area contributed by atoms with E-state index in [4.69, 9.17) is 4.74 Å². The third kappa shape index (κ3) is 3.15. The summed E-state index contributed by atoms with van der Waals surface area (Å²) in [6, 6.07) is 0.180. The molecule has 2 aliphatic heterocycles. The summed E-state index contributed by atoms with van der Waals surface area (Å²) in [6.07, 6.45) is 2.95. The van der Waals surface area contributed by atoms with Crippen molar-refractivity contribution in [3.63, 3.8) is 0 Å². The number of aromatic nitrogens is 3. The van der Waals surface area contributed by atoms with Crippen molar-refractivity contribution in [2.75, 3.05) is 18.9 Å². The second-order valence-corrected chi connectivity index (χ2v) is 7.22. The van der Waals surface area contributed by atoms with Crippen LogP contribution in [0.15, 0.2) is 0 Å². The lowest BCUT2D eigenvalue weighted by Crippen LogP contribution is -2.44. The van der Waals surface area contributed by atoms with E-state index in [0.29, 0.717) is 19.1 Å². The summed E-state index contributed by atoms with van der Waals surface area (Å²) in [6.45, 7) is 6.75. The highest BCUT2D eigenvalue weighted by molar-refractivity contribution is 8.00. The molecule has 0 spiro atoms. The molecule has 1 aromatic heterocycles. The van der Waals surface area contributed by atoms with Gasteiger partial charge in [-0.15, -0.1) is 22.0 Å². The molecule has 22 heavy (non-hydrogen) atoms. The molecule has 0 bridgehead atoms. The molecular formula is C15H24N4O2S. The van der Waals surface area contributed by atoms with E-state index in [1.807, 2.05) is 23.6 Å². The van der Waals surface area contributed by atoms with E-state index in [2.05, 4.69) is 21.7 Å². The maximum atomic E-state index is 12.7. The predicted molar refractivity (Wildman–Crippen MR) is 85.7 cm³/mol. The van der Waals surface area contributed by atoms with Crippen LogP contribution in [0.1, 0.15) is 38.3 Å². The van der Waals surface area contributed by atoms with Gasteiger partial charge in [-0.25, -0.2) is 0 Å². The van der Waals surface area contributed by atoms with Crippen molar-refractivity contribution in [3.8, 4) is 0 Å². The van der Waals surface area contributed by atoms with Crippen LogP contribution in [0.25, 0.3) is 0 Å². The van der Waals surface area contributed by atoms with Gasteiger partial charge in [0.1, 0.15) is 12.4 Å². The van der Waals surface area contributed by atoms with Gasteiger partial charge in [-0.05, 0) is 32.4 Å². The van der Waals surface area contributed by atoms with Crippen LogP contribution in [-0.4, -0.2) is 55.8 Å². The van der Waals surface area contributed by atoms with E-state index in [1.54, 1.807) is 0 Å². The maximum absolute atomic E-state index is 12.7. The molecule has 6 nitrogen and oxygen atoms in total. The molecule has 1 saturated heterocycles. The number of hydrogen-bond acceptors (Lipinski definition) is 5. The molecule has 2 atom stereocenters. The van der Waals surface area contributed by atoms with E-state index in [0.717, 1.165) is 49.8 Å². The van der Waals surface area contributed by atoms with Gasteiger partial charge in [0, 0.05) is 32.2 Å². The van der Waals surface area contributed by atoms with Gasteiger partial charge in [-0.2, -0.15) is 0 Å². The lowest BCUT2D eigenvalue weighted by molar-refractivity contribution is -0.132. The summed E-state index contributed by atoms with van der Waals surface area (Å²) in [5, 5.41) is 8.70. The number of thioether (sulfide) groups is 1. The van der Waals surface area contributed by atoms with Crippen LogP contribution in [0.4, 0.5) is 0 Å². The van der Waals surface area contributed by atoms with Crippen molar-refractivity contribution in [3.05, 3.63) is 11.6 Å². The van der Waals surface area contributed by atoms with Crippen LogP contribution >= 0.6 is 11.8 Å². The van der Waals surface area contributed by atoms with Crippen LogP contribution in [-0.2, 0) is 29.1 Å². The lowest BCUT2D eigenvalue weighted by Gasteiger charge is -2.29. The van der Waals surface area contributed by atoms with Gasteiger partial charge in [-0.3, -0.25) is 4.79 Å². The number of ether oxygens (including phenoxy) is 1. The summed E-state index contributed by atoms with van der Waals surface area (Å²) in [4.78, 5) is 14.8. The van der Waals surface area contributed by atoms with Gasteiger partial charge in [0.2, 0.25) is 5.91 Å². The van der Waals surface area contributed by atoms with Gasteiger partial charge < -0.3 is 14.2 Å². The predicted octanol–water partition coefficient (Wildman–Crippen LogP) is 1.48. The molecule has 7 heteroatoms. The molecule has 0 radical (unpaired) electrons. The zero-order valence-electron chi connectivity index (χ0n) is 13.3. The first-order valence-electron chi connectivity index (χ1n) is 8.11. The first-order chi connectivity index (χ1) is 10.7. The molecule has 3 heterocycles. The fourth-order valence-electron chi connectivity index (χ4n) is 3.17. The number of nitrogens with zero attached hydrogens (tertiary/aromatic N) is 4. The highest BCUT2D eigenvalue weighted by Crippen LogP contribution is 2.29. The summed E-state index contributed by atoms with van der Waals surface area (Å²) < 4.78 is 7.59. The van der Waals surface area contributed by atoms with E-state index < -0.39 is 0 Å². The van der Waals surface area contributed by atoms with Crippen molar-refractivity contribution in [1.29, 1.82) is 0 Å². The summed E-state index contributed by atoms with van der Waals surface area (Å²) in [5.41, 5.74) is 0. The molecule has 1 aromatic rings. The molecule has 122 valence electrons. The Labute approximate surface area is 135 Å². The number of amides is 1. The Morgan fingerprint density at radius 3 is 3.00 bits per heavy atom. The summed E-state index contributed by atoms with van der Waals surface area (Å²) >= 11 is 1.81. The van der Waals surface area contributed by atoms with E-state index in [1.165, 1.54) is 0 Å². The monoisotopic (exact) mass is 324 g/mol. The number of carbonyl (C=O) groups excluding carboxylic acids is 1. The topological polar surface area (TPSA) is 60.3 Å². The van der Waals surface area contributed by atoms with Crippen LogP contribution in [0, 0.1) is 0 Å². The second-order valence-electron chi connectivity index (χ2n) is 5.91. The minimum absolute atomic E-state index is 0.161. The average molecular weight is 324 g/mol. The van der Waals surface area contributed by atoms with E-state index >= 15 is 0 Å². The third-order valence-corrected chi connectivity index (χ3v) is 5.77. The SMILES string of the molecule is CCOCc1nnc2n1CCN(C(=O)C1CCCS1)C(C)C2. The van der Waals surface area contributed by atoms with Gasteiger partial charge in [-0.1, -0.05) is 0 Å². The van der Waals surface area contributed by atoms with E-state index in [-0.39, 0.29) is 11.3 Å². The quantitative estimate of drug-likeness (QED) is 0.840. The van der Waals surface area contributed by atoms with Gasteiger partial charge in [0.25, 0.3) is 0 Å². The number of hydrogen-bond donors (Lipinski definition) is 0. The molecule has 3 rings (SSSR count). The van der Waals surface area contributed by atoms with Gasteiger partial charge in [0.05, 0.1) is 5.25 Å². The number of fused-ring (bicyclic) bond motifs is 1. The second kappa shape index (κ2) is 7.00. The van der Waals surface area contributed by atoms with Crippen LogP contribution in [0.2, 0.25) is 0 Å². The molecule has 1 amide bonds. The molecule has 1 fully saturated rings. The highest BCUT2D eigenvalue weighted by atomic mass is 32.2. The maximum Gasteiger partial charge on any atom is 0.236 e. The zero-order chi connectivity index (χ0) is 15.5. The smallest absolute Gasteiger partial charge is 0.236 e. The number of carbonyl (C=O) groups is 1. The fourth-order valence-corrected chi connectivity index (χ4v) is 4.40. The van der Waals surface area contributed by atoms with Crippen molar-refractivity contribution >= 4 is 17.7 Å². The lowest BCUT2D eigenvalue weighted by atomic mass is 10.1. The van der Waals surface area contributed by atoms with Crippen molar-refractivity contribution in [2.45, 2.75) is 57.6 Å². The molecule has 0 N–H and O–H groups in total. The molecule has 2 aliphatic rings. The zero-order valence-corrected chi connectivity index (χ0v) is 14.1. The Kier molecular flexibility index (Phi) is 5.03. The Morgan fingerprint density at radius 1 is 1.41 bits per heavy atom. The minimum Gasteiger partial charge on any atom is -0.374 e. The number of rotatable bonds is 4. The Balaban J connectivity index is 1.71. The largest absolute Gasteiger partial charge is 0.374 e. The van der Waals surface area contributed by atoms with Gasteiger partial charge >= 0.3 is 0 Å². The highest BCUT2D eigenvalue weighted by Gasteiger charge is 2.33. The first-order valence-corrected chi connectivity index (χ1v) is 9.16. The summed E-state index contributed by atoms with van der Waals surface area (Å²) in [5.74, 6) is 3.26. The normalized spacial score (nSPS) is 25.1. The Morgan fingerprint density at radius 2 is 2.27 bits per heavy atom. The first kappa shape index (κ1) is 15.8.